The van der Waals surface area contributed by atoms with Crippen molar-refractivity contribution in [1.29, 1.82) is 0 Å². The van der Waals surface area contributed by atoms with E-state index in [0.717, 1.165) is 66.5 Å². The van der Waals surface area contributed by atoms with Crippen LogP contribution in [0.4, 0.5) is 28.7 Å². The minimum Gasteiger partial charge on any atom is -0.378 e. The van der Waals surface area contributed by atoms with Gasteiger partial charge < -0.3 is 24.8 Å². The monoisotopic (exact) mass is 722 g/mol. The summed E-state index contributed by atoms with van der Waals surface area (Å²) >= 11 is 1.57. The molecule has 2 saturated heterocycles. The van der Waals surface area contributed by atoms with Gasteiger partial charge in [0.25, 0.3) is 11.5 Å². The van der Waals surface area contributed by atoms with Gasteiger partial charge in [0.2, 0.25) is 5.91 Å². The number of aryl methyl sites for hydroxylation is 1. The second-order valence-electron chi connectivity index (χ2n) is 14.9. The SMILES string of the molecule is C=CC(=O)Nc1cc(Nc2nc(-c3ccnc(N4CCc5cc(C(C)(C)C)sc5C4=O)c3C)cn(C)c2=O)ccc1N1CCN(C2COC2)CC1C. The van der Waals surface area contributed by atoms with E-state index in [1.807, 2.05) is 31.2 Å². The van der Waals surface area contributed by atoms with Crippen LogP contribution >= 0.6 is 11.3 Å². The molecular weight excluding hydrogens is 677 g/mol. The van der Waals surface area contributed by atoms with Crippen molar-refractivity contribution in [3.8, 4) is 11.3 Å². The van der Waals surface area contributed by atoms with Crippen LogP contribution in [0.1, 0.15) is 53.4 Å². The van der Waals surface area contributed by atoms with Gasteiger partial charge in [0.05, 0.1) is 41.2 Å². The molecule has 1 atom stereocenters. The summed E-state index contributed by atoms with van der Waals surface area (Å²) in [6, 6.07) is 10.4. The van der Waals surface area contributed by atoms with Gasteiger partial charge in [-0.2, -0.15) is 0 Å². The number of nitrogens with one attached hydrogen (secondary N) is 2. The van der Waals surface area contributed by atoms with E-state index in [1.54, 1.807) is 35.7 Å². The Hall–Kier alpha value is -4.85. The van der Waals surface area contributed by atoms with E-state index in [-0.39, 0.29) is 34.6 Å². The summed E-state index contributed by atoms with van der Waals surface area (Å²) in [4.78, 5) is 57.8. The zero-order valence-corrected chi connectivity index (χ0v) is 31.5. The fourth-order valence-electron chi connectivity index (χ4n) is 7.11. The number of thiophene rings is 1. The minimum atomic E-state index is -0.326. The molecule has 272 valence electrons. The van der Waals surface area contributed by atoms with Gasteiger partial charge in [-0.3, -0.25) is 24.2 Å². The molecule has 0 aliphatic carbocycles. The first kappa shape index (κ1) is 35.5. The molecule has 1 unspecified atom stereocenters. The van der Waals surface area contributed by atoms with Crippen molar-refractivity contribution in [3.63, 3.8) is 0 Å². The molecule has 12 nitrogen and oxygen atoms in total. The zero-order valence-electron chi connectivity index (χ0n) is 30.7. The summed E-state index contributed by atoms with van der Waals surface area (Å²) in [7, 11) is 1.69. The summed E-state index contributed by atoms with van der Waals surface area (Å²) < 4.78 is 6.91. The number of carbonyl (C=O) groups is 2. The van der Waals surface area contributed by atoms with Gasteiger partial charge in [0.1, 0.15) is 5.82 Å². The van der Waals surface area contributed by atoms with Crippen LogP contribution < -0.4 is 26.0 Å². The third-order valence-corrected chi connectivity index (χ3v) is 11.8. The van der Waals surface area contributed by atoms with E-state index in [0.29, 0.717) is 35.5 Å². The maximum Gasteiger partial charge on any atom is 0.293 e. The first-order chi connectivity index (χ1) is 24.8. The van der Waals surface area contributed by atoms with Crippen LogP contribution in [0, 0.1) is 6.92 Å². The standard InChI is InChI=1S/C39H46N8O4S/c1-8-33(48)42-29-18-26(9-10-31(29)46-16-15-45(19-23(46)2)27-21-51-22-27)41-35-38(50)44(7)20-30(43-35)28-11-13-40-36(24(28)3)47-14-12-25-17-32(39(4,5)6)52-34(25)37(47)49/h8-11,13,17-18,20,23,27H,1,12,14-16,19,21-22H2,2-7H3,(H,41,43)(H,42,48). The Morgan fingerprint density at radius 3 is 2.60 bits per heavy atom. The number of benzene rings is 1. The third kappa shape index (κ3) is 6.75. The molecule has 52 heavy (non-hydrogen) atoms. The van der Waals surface area contributed by atoms with E-state index in [9.17, 15) is 14.4 Å². The number of pyridine rings is 1. The van der Waals surface area contributed by atoms with Crippen LogP contribution in [0.15, 0.2) is 60.2 Å². The Labute approximate surface area is 308 Å². The number of nitrogens with zero attached hydrogens (tertiary/aromatic N) is 6. The van der Waals surface area contributed by atoms with Gasteiger partial charge in [-0.05, 0) is 67.7 Å². The van der Waals surface area contributed by atoms with Crippen molar-refractivity contribution in [2.24, 2.45) is 7.05 Å². The average Bonchev–Trinajstić information content (AvgIpc) is 3.54. The number of amides is 2. The summed E-state index contributed by atoms with van der Waals surface area (Å²) in [5.41, 5.74) is 4.96. The van der Waals surface area contributed by atoms with Crippen LogP contribution in [0.3, 0.4) is 0 Å². The van der Waals surface area contributed by atoms with E-state index in [4.69, 9.17) is 9.72 Å². The van der Waals surface area contributed by atoms with Crippen molar-refractivity contribution >= 4 is 51.8 Å². The quantitative estimate of drug-likeness (QED) is 0.227. The lowest BCUT2D eigenvalue weighted by atomic mass is 9.93. The Balaban J connectivity index is 1.17. The van der Waals surface area contributed by atoms with Crippen molar-refractivity contribution in [2.75, 3.05) is 59.8 Å². The molecule has 0 radical (unpaired) electrons. The van der Waals surface area contributed by atoms with E-state index >= 15 is 0 Å². The molecule has 4 aromatic rings. The number of aromatic nitrogens is 3. The van der Waals surface area contributed by atoms with Gasteiger partial charge in [0, 0.05) is 73.4 Å². The first-order valence-corrected chi connectivity index (χ1v) is 18.6. The fraction of sp³-hybridized carbons (Fsp3) is 0.410. The molecule has 1 aromatic carbocycles. The maximum absolute atomic E-state index is 13.8. The highest BCUT2D eigenvalue weighted by atomic mass is 32.1. The predicted molar refractivity (Wildman–Crippen MR) is 207 cm³/mol. The molecule has 0 saturated carbocycles. The van der Waals surface area contributed by atoms with Gasteiger partial charge in [-0.25, -0.2) is 9.97 Å². The Morgan fingerprint density at radius 2 is 1.90 bits per heavy atom. The second kappa shape index (κ2) is 13.9. The normalized spacial score (nSPS) is 18.2. The molecule has 6 heterocycles. The maximum atomic E-state index is 13.8. The molecule has 13 heteroatoms. The van der Waals surface area contributed by atoms with Crippen molar-refractivity contribution in [1.82, 2.24) is 19.4 Å². The molecule has 2 fully saturated rings. The first-order valence-electron chi connectivity index (χ1n) is 17.7. The van der Waals surface area contributed by atoms with E-state index < -0.39 is 0 Å². The van der Waals surface area contributed by atoms with E-state index in [1.165, 1.54) is 15.5 Å². The number of rotatable bonds is 8. The van der Waals surface area contributed by atoms with Gasteiger partial charge >= 0.3 is 0 Å². The molecule has 3 aliphatic heterocycles. The Morgan fingerprint density at radius 1 is 1.12 bits per heavy atom. The molecule has 7 rings (SSSR count). The summed E-state index contributed by atoms with van der Waals surface area (Å²) in [5, 5.41) is 6.19. The summed E-state index contributed by atoms with van der Waals surface area (Å²) in [5.74, 6) is 0.340. The number of anilines is 5. The molecule has 2 N–H and O–H groups in total. The highest BCUT2D eigenvalue weighted by Gasteiger charge is 2.34. The van der Waals surface area contributed by atoms with Crippen LogP contribution in [-0.2, 0) is 28.4 Å². The zero-order chi connectivity index (χ0) is 36.9. The number of fused-ring (bicyclic) bond motifs is 1. The number of piperazine rings is 1. The lowest BCUT2D eigenvalue weighted by molar-refractivity contribution is -0.111. The molecule has 0 bridgehead atoms. The number of hydrogen-bond donors (Lipinski definition) is 2. The minimum absolute atomic E-state index is 0.0370. The lowest BCUT2D eigenvalue weighted by Crippen LogP contribution is -2.59. The second-order valence-corrected chi connectivity index (χ2v) is 16.0. The van der Waals surface area contributed by atoms with Crippen LogP contribution in [0.5, 0.6) is 0 Å². The summed E-state index contributed by atoms with van der Waals surface area (Å²) in [6.07, 6.45) is 5.38. The fourth-order valence-corrected chi connectivity index (χ4v) is 8.33. The van der Waals surface area contributed by atoms with Crippen molar-refractivity contribution in [3.05, 3.63) is 86.6 Å². The van der Waals surface area contributed by atoms with Gasteiger partial charge in [-0.15, -0.1) is 11.3 Å². The van der Waals surface area contributed by atoms with Gasteiger partial charge in [0.15, 0.2) is 5.82 Å². The lowest BCUT2D eigenvalue weighted by Gasteiger charge is -2.46. The highest BCUT2D eigenvalue weighted by molar-refractivity contribution is 7.14. The van der Waals surface area contributed by atoms with Crippen LogP contribution in [-0.4, -0.2) is 82.7 Å². The largest absolute Gasteiger partial charge is 0.378 e. The molecule has 3 aliphatic rings. The number of hydrogen-bond acceptors (Lipinski definition) is 10. The van der Waals surface area contributed by atoms with Gasteiger partial charge in [-0.1, -0.05) is 27.4 Å². The molecule has 3 aromatic heterocycles. The topological polar surface area (TPSA) is 125 Å². The molecule has 0 spiro atoms. The number of carbonyl (C=O) groups excluding carboxylic acids is 2. The summed E-state index contributed by atoms with van der Waals surface area (Å²) in [6.45, 7) is 18.9. The number of ether oxygens (including phenoxy) is 1. The highest BCUT2D eigenvalue weighted by Crippen LogP contribution is 2.38. The van der Waals surface area contributed by atoms with Crippen LogP contribution in [0.25, 0.3) is 11.3 Å². The van der Waals surface area contributed by atoms with Crippen LogP contribution in [0.2, 0.25) is 0 Å². The van der Waals surface area contributed by atoms with E-state index in [2.05, 4.69) is 65.8 Å². The third-order valence-electron chi connectivity index (χ3n) is 10.2. The Bertz CT molecular complexity index is 2110. The predicted octanol–water partition coefficient (Wildman–Crippen LogP) is 5.49. The average molecular weight is 723 g/mol. The van der Waals surface area contributed by atoms with Crippen molar-refractivity contribution in [2.45, 2.75) is 58.5 Å². The smallest absolute Gasteiger partial charge is 0.293 e. The van der Waals surface area contributed by atoms with Crippen molar-refractivity contribution < 1.29 is 14.3 Å². The Kier molecular flexibility index (Phi) is 9.53. The molecule has 2 amide bonds. The molecular formula is C39H46N8O4S.